The lowest BCUT2D eigenvalue weighted by Gasteiger charge is -2.27. The van der Waals surface area contributed by atoms with E-state index in [0.29, 0.717) is 18.7 Å². The molecule has 0 saturated carbocycles. The van der Waals surface area contributed by atoms with Crippen LogP contribution in [0.25, 0.3) is 10.9 Å². The number of aromatic nitrogens is 1. The molecule has 1 aromatic carbocycles. The zero-order valence-corrected chi connectivity index (χ0v) is 15.4. The molecule has 1 amide bonds. The van der Waals surface area contributed by atoms with E-state index >= 15 is 0 Å². The van der Waals surface area contributed by atoms with E-state index in [1.165, 1.54) is 0 Å². The van der Waals surface area contributed by atoms with E-state index in [9.17, 15) is 4.79 Å². The van der Waals surface area contributed by atoms with Crippen molar-refractivity contribution in [2.45, 2.75) is 25.9 Å². The van der Waals surface area contributed by atoms with Gasteiger partial charge in [0, 0.05) is 37.8 Å². The minimum absolute atomic E-state index is 0.0492. The summed E-state index contributed by atoms with van der Waals surface area (Å²) in [6.45, 7) is 4.99. The molecule has 1 aliphatic rings. The van der Waals surface area contributed by atoms with Crippen molar-refractivity contribution in [3.8, 4) is 0 Å². The monoisotopic (exact) mass is 341 g/mol. The van der Waals surface area contributed by atoms with Gasteiger partial charge in [0.05, 0.1) is 17.2 Å². The highest BCUT2D eigenvalue weighted by molar-refractivity contribution is 6.00. The maximum absolute atomic E-state index is 13.2. The fourth-order valence-corrected chi connectivity index (χ4v) is 3.30. The van der Waals surface area contributed by atoms with E-state index in [2.05, 4.69) is 9.88 Å². The summed E-state index contributed by atoms with van der Waals surface area (Å²) in [7, 11) is 4.05. The SMILES string of the molecule is Cc1c(C(=O)N(CCN(C)C)C[C@@H]2CCCO2)cnc2ccccc12. The number of aryl methyl sites for hydroxylation is 1. The van der Waals surface area contributed by atoms with Crippen LogP contribution in [0.15, 0.2) is 30.5 Å². The van der Waals surface area contributed by atoms with Crippen LogP contribution in [0.1, 0.15) is 28.8 Å². The third-order valence-electron chi connectivity index (χ3n) is 4.83. The first-order valence-corrected chi connectivity index (χ1v) is 8.96. The normalized spacial score (nSPS) is 17.4. The predicted octanol–water partition coefficient (Wildman–Crippen LogP) is 2.73. The fraction of sp³-hybridized carbons (Fsp3) is 0.500. The molecular formula is C20H27N3O2. The average molecular weight is 341 g/mol. The summed E-state index contributed by atoms with van der Waals surface area (Å²) in [5, 5.41) is 1.04. The molecule has 2 heterocycles. The first kappa shape index (κ1) is 17.8. The molecule has 3 rings (SSSR count). The molecular weight excluding hydrogens is 314 g/mol. The Morgan fingerprint density at radius 3 is 2.80 bits per heavy atom. The average Bonchev–Trinajstić information content (AvgIpc) is 3.11. The van der Waals surface area contributed by atoms with Crippen molar-refractivity contribution in [3.05, 3.63) is 41.6 Å². The van der Waals surface area contributed by atoms with Crippen LogP contribution in [0.3, 0.4) is 0 Å². The van der Waals surface area contributed by atoms with E-state index in [1.807, 2.05) is 50.2 Å². The molecule has 1 aromatic heterocycles. The highest BCUT2D eigenvalue weighted by Gasteiger charge is 2.25. The van der Waals surface area contributed by atoms with Crippen LogP contribution in [0.2, 0.25) is 0 Å². The Balaban J connectivity index is 1.86. The highest BCUT2D eigenvalue weighted by Crippen LogP contribution is 2.22. The van der Waals surface area contributed by atoms with E-state index in [-0.39, 0.29) is 12.0 Å². The van der Waals surface area contributed by atoms with Gasteiger partial charge in [0.25, 0.3) is 5.91 Å². The van der Waals surface area contributed by atoms with Crippen LogP contribution in [-0.2, 0) is 4.74 Å². The third kappa shape index (κ3) is 4.17. The molecule has 1 aliphatic heterocycles. The van der Waals surface area contributed by atoms with Gasteiger partial charge in [-0.2, -0.15) is 0 Å². The molecule has 1 atom stereocenters. The molecule has 5 nitrogen and oxygen atoms in total. The first-order valence-electron chi connectivity index (χ1n) is 8.96. The van der Waals surface area contributed by atoms with Gasteiger partial charge in [0.15, 0.2) is 0 Å². The molecule has 0 bridgehead atoms. The Hall–Kier alpha value is -1.98. The number of ether oxygens (including phenoxy) is 1. The van der Waals surface area contributed by atoms with E-state index in [4.69, 9.17) is 4.74 Å². The van der Waals surface area contributed by atoms with Crippen LogP contribution in [0.4, 0.5) is 0 Å². The number of hydrogen-bond acceptors (Lipinski definition) is 4. The Morgan fingerprint density at radius 1 is 1.28 bits per heavy atom. The zero-order valence-electron chi connectivity index (χ0n) is 15.4. The van der Waals surface area contributed by atoms with Crippen molar-refractivity contribution in [2.24, 2.45) is 0 Å². The number of benzene rings is 1. The second-order valence-electron chi connectivity index (χ2n) is 7.00. The summed E-state index contributed by atoms with van der Waals surface area (Å²) in [6, 6.07) is 7.96. The number of carbonyl (C=O) groups excluding carboxylic acids is 1. The molecule has 0 spiro atoms. The van der Waals surface area contributed by atoms with Crippen molar-refractivity contribution in [2.75, 3.05) is 40.3 Å². The van der Waals surface area contributed by atoms with Crippen LogP contribution >= 0.6 is 0 Å². The van der Waals surface area contributed by atoms with Crippen LogP contribution in [0, 0.1) is 6.92 Å². The van der Waals surface area contributed by atoms with Gasteiger partial charge in [0.2, 0.25) is 0 Å². The summed E-state index contributed by atoms with van der Waals surface area (Å²) in [6.07, 6.45) is 3.98. The van der Waals surface area contributed by atoms with E-state index in [0.717, 1.165) is 42.5 Å². The second-order valence-corrected chi connectivity index (χ2v) is 7.00. The third-order valence-corrected chi connectivity index (χ3v) is 4.83. The maximum atomic E-state index is 13.2. The number of pyridine rings is 1. The summed E-state index contributed by atoms with van der Waals surface area (Å²) in [4.78, 5) is 21.7. The summed E-state index contributed by atoms with van der Waals surface area (Å²) in [5.74, 6) is 0.0492. The molecule has 5 heteroatoms. The van der Waals surface area contributed by atoms with Crippen molar-refractivity contribution in [1.29, 1.82) is 0 Å². The largest absolute Gasteiger partial charge is 0.376 e. The molecule has 1 saturated heterocycles. The van der Waals surface area contributed by atoms with Gasteiger partial charge >= 0.3 is 0 Å². The number of amides is 1. The Bertz CT molecular complexity index is 739. The Morgan fingerprint density at radius 2 is 2.08 bits per heavy atom. The number of hydrogen-bond donors (Lipinski definition) is 0. The number of para-hydroxylation sites is 1. The van der Waals surface area contributed by atoms with Crippen LogP contribution in [-0.4, -0.2) is 67.1 Å². The smallest absolute Gasteiger partial charge is 0.255 e. The van der Waals surface area contributed by atoms with Gasteiger partial charge in [-0.1, -0.05) is 18.2 Å². The zero-order chi connectivity index (χ0) is 17.8. The fourth-order valence-electron chi connectivity index (χ4n) is 3.30. The summed E-state index contributed by atoms with van der Waals surface area (Å²) >= 11 is 0. The van der Waals surface area contributed by atoms with Crippen molar-refractivity contribution in [3.63, 3.8) is 0 Å². The molecule has 0 unspecified atom stereocenters. The molecule has 2 aromatic rings. The summed E-state index contributed by atoms with van der Waals surface area (Å²) in [5.41, 5.74) is 2.61. The van der Waals surface area contributed by atoms with Crippen LogP contribution < -0.4 is 0 Å². The first-order chi connectivity index (χ1) is 12.1. The minimum Gasteiger partial charge on any atom is -0.376 e. The topological polar surface area (TPSA) is 45.7 Å². The maximum Gasteiger partial charge on any atom is 0.255 e. The van der Waals surface area contributed by atoms with Gasteiger partial charge in [0.1, 0.15) is 0 Å². The Kier molecular flexibility index (Phi) is 5.66. The Labute approximate surface area is 149 Å². The standard InChI is InChI=1S/C20H27N3O2/c1-15-17-8-4-5-9-19(17)21-13-18(15)20(24)23(11-10-22(2)3)14-16-7-6-12-25-16/h4-5,8-9,13,16H,6-7,10-12,14H2,1-3H3/t16-/m0/s1. The van der Waals surface area contributed by atoms with Gasteiger partial charge in [-0.15, -0.1) is 0 Å². The lowest BCUT2D eigenvalue weighted by molar-refractivity contribution is 0.0511. The predicted molar refractivity (Wildman–Crippen MR) is 99.9 cm³/mol. The van der Waals surface area contributed by atoms with Gasteiger partial charge in [-0.25, -0.2) is 0 Å². The molecule has 25 heavy (non-hydrogen) atoms. The minimum atomic E-state index is 0.0492. The number of fused-ring (bicyclic) bond motifs is 1. The van der Waals surface area contributed by atoms with E-state index < -0.39 is 0 Å². The van der Waals surface area contributed by atoms with Crippen LogP contribution in [0.5, 0.6) is 0 Å². The molecule has 0 N–H and O–H groups in total. The number of nitrogens with zero attached hydrogens (tertiary/aromatic N) is 3. The van der Waals surface area contributed by atoms with Crippen molar-refractivity contribution >= 4 is 16.8 Å². The van der Waals surface area contributed by atoms with Crippen molar-refractivity contribution in [1.82, 2.24) is 14.8 Å². The van der Waals surface area contributed by atoms with Gasteiger partial charge in [-0.3, -0.25) is 9.78 Å². The number of likely N-dealkylation sites (N-methyl/N-ethyl adjacent to an activating group) is 1. The lowest BCUT2D eigenvalue weighted by atomic mass is 10.0. The molecule has 0 radical (unpaired) electrons. The molecule has 134 valence electrons. The lowest BCUT2D eigenvalue weighted by Crippen LogP contribution is -2.41. The van der Waals surface area contributed by atoms with Gasteiger partial charge in [-0.05, 0) is 45.5 Å². The number of rotatable bonds is 6. The highest BCUT2D eigenvalue weighted by atomic mass is 16.5. The molecule has 1 fully saturated rings. The van der Waals surface area contributed by atoms with Gasteiger partial charge < -0.3 is 14.5 Å². The van der Waals surface area contributed by atoms with E-state index in [1.54, 1.807) is 6.20 Å². The quantitative estimate of drug-likeness (QED) is 0.810. The summed E-state index contributed by atoms with van der Waals surface area (Å²) < 4.78 is 5.75. The van der Waals surface area contributed by atoms with Crippen molar-refractivity contribution < 1.29 is 9.53 Å². The second kappa shape index (κ2) is 7.93. The molecule has 0 aliphatic carbocycles. The number of carbonyl (C=O) groups is 1.